The maximum Gasteiger partial charge on any atom is 0.250 e. The van der Waals surface area contributed by atoms with E-state index in [1.165, 1.54) is 0 Å². The number of pyridine rings is 1. The molecule has 5 heteroatoms. The van der Waals surface area contributed by atoms with Gasteiger partial charge in [0.1, 0.15) is 0 Å². The SMILES string of the molecule is CCNC(Cn1ccccc1=O)c1ccc2c(c1)OCO2. The van der Waals surface area contributed by atoms with Gasteiger partial charge < -0.3 is 19.4 Å². The van der Waals surface area contributed by atoms with Crippen molar-refractivity contribution in [2.45, 2.75) is 19.5 Å². The van der Waals surface area contributed by atoms with Gasteiger partial charge >= 0.3 is 0 Å². The van der Waals surface area contributed by atoms with Gasteiger partial charge in [-0.25, -0.2) is 0 Å². The van der Waals surface area contributed by atoms with Crippen molar-refractivity contribution in [2.75, 3.05) is 13.3 Å². The third-order valence-corrected chi connectivity index (χ3v) is 3.53. The summed E-state index contributed by atoms with van der Waals surface area (Å²) in [4.78, 5) is 11.9. The summed E-state index contributed by atoms with van der Waals surface area (Å²) in [6, 6.07) is 11.1. The molecule has 1 unspecified atom stereocenters. The lowest BCUT2D eigenvalue weighted by atomic mass is 10.1. The maximum atomic E-state index is 11.9. The molecule has 110 valence electrons. The number of fused-ring (bicyclic) bond motifs is 1. The Morgan fingerprint density at radius 1 is 1.24 bits per heavy atom. The summed E-state index contributed by atoms with van der Waals surface area (Å²) in [6.45, 7) is 3.71. The van der Waals surface area contributed by atoms with E-state index >= 15 is 0 Å². The third-order valence-electron chi connectivity index (χ3n) is 3.53. The molecule has 1 aromatic heterocycles. The van der Waals surface area contributed by atoms with Gasteiger partial charge in [0.2, 0.25) is 6.79 Å². The molecule has 0 saturated carbocycles. The first kappa shape index (κ1) is 13.7. The number of hydrogen-bond donors (Lipinski definition) is 1. The molecule has 0 bridgehead atoms. The molecule has 5 nitrogen and oxygen atoms in total. The van der Waals surface area contributed by atoms with Crippen LogP contribution in [0.4, 0.5) is 0 Å². The summed E-state index contributed by atoms with van der Waals surface area (Å²) in [5, 5.41) is 3.41. The summed E-state index contributed by atoms with van der Waals surface area (Å²) >= 11 is 0. The number of nitrogens with one attached hydrogen (secondary N) is 1. The van der Waals surface area contributed by atoms with Crippen LogP contribution in [0.3, 0.4) is 0 Å². The van der Waals surface area contributed by atoms with E-state index in [0.29, 0.717) is 6.54 Å². The van der Waals surface area contributed by atoms with E-state index < -0.39 is 0 Å². The van der Waals surface area contributed by atoms with E-state index in [-0.39, 0.29) is 18.4 Å². The normalized spacial score (nSPS) is 14.1. The fourth-order valence-corrected chi connectivity index (χ4v) is 2.47. The van der Waals surface area contributed by atoms with Gasteiger partial charge in [-0.3, -0.25) is 4.79 Å². The minimum atomic E-state index is 0.00106. The number of aromatic nitrogens is 1. The lowest BCUT2D eigenvalue weighted by molar-refractivity contribution is 0.174. The molecule has 0 radical (unpaired) electrons. The van der Waals surface area contributed by atoms with Crippen LogP contribution >= 0.6 is 0 Å². The van der Waals surface area contributed by atoms with Crippen LogP contribution in [-0.4, -0.2) is 17.9 Å². The first-order valence-corrected chi connectivity index (χ1v) is 7.06. The van der Waals surface area contributed by atoms with Gasteiger partial charge in [-0.2, -0.15) is 0 Å². The fraction of sp³-hybridized carbons (Fsp3) is 0.312. The van der Waals surface area contributed by atoms with Crippen LogP contribution in [0.2, 0.25) is 0 Å². The van der Waals surface area contributed by atoms with Crippen LogP contribution in [0, 0.1) is 0 Å². The van der Waals surface area contributed by atoms with Crippen molar-refractivity contribution >= 4 is 0 Å². The zero-order valence-electron chi connectivity index (χ0n) is 11.9. The second kappa shape index (κ2) is 6.01. The molecule has 1 aliphatic heterocycles. The second-order valence-electron chi connectivity index (χ2n) is 4.91. The second-order valence-corrected chi connectivity index (χ2v) is 4.91. The van der Waals surface area contributed by atoms with Crippen molar-refractivity contribution in [3.05, 3.63) is 58.5 Å². The van der Waals surface area contributed by atoms with Gasteiger partial charge in [-0.1, -0.05) is 19.1 Å². The molecule has 0 aliphatic carbocycles. The number of rotatable bonds is 5. The highest BCUT2D eigenvalue weighted by Crippen LogP contribution is 2.34. The maximum absolute atomic E-state index is 11.9. The van der Waals surface area contributed by atoms with Crippen LogP contribution in [-0.2, 0) is 6.54 Å². The highest BCUT2D eigenvalue weighted by Gasteiger charge is 2.18. The van der Waals surface area contributed by atoms with Crippen molar-refractivity contribution in [2.24, 2.45) is 0 Å². The molecule has 3 rings (SSSR count). The van der Waals surface area contributed by atoms with E-state index in [0.717, 1.165) is 23.6 Å². The van der Waals surface area contributed by atoms with E-state index in [1.54, 1.807) is 22.9 Å². The summed E-state index contributed by atoms with van der Waals surface area (Å²) in [7, 11) is 0. The van der Waals surface area contributed by atoms with E-state index in [2.05, 4.69) is 5.32 Å². The van der Waals surface area contributed by atoms with Crippen LogP contribution in [0.1, 0.15) is 18.5 Å². The molecule has 0 amide bonds. The molecule has 1 aromatic carbocycles. The molecule has 1 aliphatic rings. The van der Waals surface area contributed by atoms with Crippen molar-refractivity contribution in [1.29, 1.82) is 0 Å². The highest BCUT2D eigenvalue weighted by molar-refractivity contribution is 5.45. The average Bonchev–Trinajstić information content (AvgIpc) is 2.96. The molecular formula is C16H18N2O3. The minimum Gasteiger partial charge on any atom is -0.454 e. The van der Waals surface area contributed by atoms with Crippen LogP contribution in [0.25, 0.3) is 0 Å². The number of hydrogen-bond acceptors (Lipinski definition) is 4. The first-order valence-electron chi connectivity index (χ1n) is 7.06. The summed E-state index contributed by atoms with van der Waals surface area (Å²) in [6.07, 6.45) is 1.81. The number of nitrogens with zero attached hydrogens (tertiary/aromatic N) is 1. The Labute approximate surface area is 123 Å². The van der Waals surface area contributed by atoms with Gasteiger partial charge in [0.15, 0.2) is 11.5 Å². The Bertz CT molecular complexity index is 681. The van der Waals surface area contributed by atoms with E-state index in [4.69, 9.17) is 9.47 Å². The Balaban J connectivity index is 1.87. The zero-order valence-corrected chi connectivity index (χ0v) is 11.9. The van der Waals surface area contributed by atoms with Gasteiger partial charge in [0.25, 0.3) is 5.56 Å². The van der Waals surface area contributed by atoms with E-state index in [9.17, 15) is 4.79 Å². The molecule has 0 saturated heterocycles. The van der Waals surface area contributed by atoms with Gasteiger partial charge in [0, 0.05) is 18.8 Å². The Morgan fingerprint density at radius 2 is 2.10 bits per heavy atom. The molecule has 0 spiro atoms. The largest absolute Gasteiger partial charge is 0.454 e. The van der Waals surface area contributed by atoms with Crippen molar-refractivity contribution in [1.82, 2.24) is 9.88 Å². The fourth-order valence-electron chi connectivity index (χ4n) is 2.47. The average molecular weight is 286 g/mol. The van der Waals surface area contributed by atoms with Crippen LogP contribution in [0.15, 0.2) is 47.4 Å². The quantitative estimate of drug-likeness (QED) is 0.912. The van der Waals surface area contributed by atoms with Crippen molar-refractivity contribution in [3.8, 4) is 11.5 Å². The number of likely N-dealkylation sites (N-methyl/N-ethyl adjacent to an activating group) is 1. The van der Waals surface area contributed by atoms with Gasteiger partial charge in [-0.05, 0) is 30.3 Å². The van der Waals surface area contributed by atoms with Crippen LogP contribution < -0.4 is 20.3 Å². The zero-order chi connectivity index (χ0) is 14.7. The molecule has 0 fully saturated rings. The topological polar surface area (TPSA) is 52.5 Å². The van der Waals surface area contributed by atoms with Crippen molar-refractivity contribution in [3.63, 3.8) is 0 Å². The van der Waals surface area contributed by atoms with Crippen molar-refractivity contribution < 1.29 is 9.47 Å². The predicted molar refractivity (Wildman–Crippen MR) is 79.7 cm³/mol. The lowest BCUT2D eigenvalue weighted by Gasteiger charge is -2.20. The Kier molecular flexibility index (Phi) is 3.92. The summed E-state index contributed by atoms with van der Waals surface area (Å²) in [5.41, 5.74) is 1.08. The number of benzene rings is 1. The van der Waals surface area contributed by atoms with E-state index in [1.807, 2.05) is 31.2 Å². The lowest BCUT2D eigenvalue weighted by Crippen LogP contribution is -2.29. The van der Waals surface area contributed by atoms with Crippen LogP contribution in [0.5, 0.6) is 11.5 Å². The predicted octanol–water partition coefficient (Wildman–Crippen LogP) is 1.93. The standard InChI is InChI=1S/C16H18N2O3/c1-2-17-13(10-18-8-4-3-5-16(18)19)12-6-7-14-15(9-12)21-11-20-14/h3-9,13,17H,2,10-11H2,1H3. The monoisotopic (exact) mass is 286 g/mol. The summed E-state index contributed by atoms with van der Waals surface area (Å²) < 4.78 is 12.5. The molecule has 1 atom stereocenters. The van der Waals surface area contributed by atoms with Gasteiger partial charge in [-0.15, -0.1) is 0 Å². The van der Waals surface area contributed by atoms with Gasteiger partial charge in [0.05, 0.1) is 6.04 Å². The Hall–Kier alpha value is -2.27. The smallest absolute Gasteiger partial charge is 0.250 e. The Morgan fingerprint density at radius 3 is 2.90 bits per heavy atom. The molecule has 1 N–H and O–H groups in total. The molecular weight excluding hydrogens is 268 g/mol. The molecule has 2 aromatic rings. The molecule has 21 heavy (non-hydrogen) atoms. The summed E-state index contributed by atoms with van der Waals surface area (Å²) in [5.74, 6) is 1.53. The first-order chi connectivity index (χ1) is 10.3. The highest BCUT2D eigenvalue weighted by atomic mass is 16.7. The molecule has 2 heterocycles. The minimum absolute atomic E-state index is 0.00106. The third kappa shape index (κ3) is 2.92. The number of ether oxygens (including phenoxy) is 2.